The maximum Gasteiger partial charge on any atom is 0.123 e. The molecule has 0 bridgehead atoms. The Morgan fingerprint density at radius 3 is 2.72 bits per heavy atom. The highest BCUT2D eigenvalue weighted by molar-refractivity contribution is 5.33. The highest BCUT2D eigenvalue weighted by Crippen LogP contribution is 2.28. The summed E-state index contributed by atoms with van der Waals surface area (Å²) in [6.07, 6.45) is 4.06. The maximum absolute atomic E-state index is 5.96. The summed E-state index contributed by atoms with van der Waals surface area (Å²) < 4.78 is 5.96. The Morgan fingerprint density at radius 1 is 1.28 bits per heavy atom. The molecule has 1 N–H and O–H groups in total. The predicted octanol–water partition coefficient (Wildman–Crippen LogP) is 3.61. The summed E-state index contributed by atoms with van der Waals surface area (Å²) in [6, 6.07) is 8.39. The minimum atomic E-state index is 0.688. The number of para-hydroxylation sites is 1. The quantitative estimate of drug-likeness (QED) is 0.794. The molecule has 1 fully saturated rings. The second kappa shape index (κ2) is 6.79. The van der Waals surface area contributed by atoms with Gasteiger partial charge in [0.15, 0.2) is 0 Å². The van der Waals surface area contributed by atoms with Crippen molar-refractivity contribution in [2.75, 3.05) is 13.2 Å². The van der Waals surface area contributed by atoms with Crippen LogP contribution in [-0.4, -0.2) is 13.2 Å². The van der Waals surface area contributed by atoms with Crippen molar-refractivity contribution >= 4 is 0 Å². The summed E-state index contributed by atoms with van der Waals surface area (Å²) in [5.74, 6) is 2.54. The molecule has 1 aliphatic rings. The molecule has 0 amide bonds. The Morgan fingerprint density at radius 2 is 2.06 bits per heavy atom. The van der Waals surface area contributed by atoms with Crippen LogP contribution in [-0.2, 0) is 6.54 Å². The van der Waals surface area contributed by atoms with Crippen LogP contribution in [0.25, 0.3) is 0 Å². The van der Waals surface area contributed by atoms with Gasteiger partial charge in [-0.3, -0.25) is 0 Å². The fourth-order valence-corrected chi connectivity index (χ4v) is 2.15. The van der Waals surface area contributed by atoms with Gasteiger partial charge in [-0.05, 0) is 37.3 Å². The van der Waals surface area contributed by atoms with Crippen LogP contribution < -0.4 is 10.1 Å². The number of hydrogen-bond donors (Lipinski definition) is 1. The second-order valence-corrected chi connectivity index (χ2v) is 5.74. The summed E-state index contributed by atoms with van der Waals surface area (Å²) >= 11 is 0. The van der Waals surface area contributed by atoms with Gasteiger partial charge >= 0.3 is 0 Å². The molecule has 100 valence electrons. The first-order valence-electron chi connectivity index (χ1n) is 7.17. The molecule has 1 saturated carbocycles. The van der Waals surface area contributed by atoms with Gasteiger partial charge in [0, 0.05) is 12.1 Å². The summed E-state index contributed by atoms with van der Waals surface area (Å²) in [7, 11) is 0. The molecule has 0 aliphatic heterocycles. The first-order chi connectivity index (χ1) is 8.75. The third-order valence-electron chi connectivity index (χ3n) is 3.54. The predicted molar refractivity (Wildman–Crippen MR) is 75.8 cm³/mol. The zero-order chi connectivity index (χ0) is 12.8. The summed E-state index contributed by atoms with van der Waals surface area (Å²) in [4.78, 5) is 0. The third kappa shape index (κ3) is 4.02. The van der Waals surface area contributed by atoms with Gasteiger partial charge in [0.25, 0.3) is 0 Å². The number of nitrogens with one attached hydrogen (secondary N) is 1. The molecule has 1 aromatic carbocycles. The summed E-state index contributed by atoms with van der Waals surface area (Å²) in [5.41, 5.74) is 1.28. The number of rotatable bonds is 7. The summed E-state index contributed by atoms with van der Waals surface area (Å²) in [5, 5.41) is 3.48. The van der Waals surface area contributed by atoms with Crippen molar-refractivity contribution in [3.63, 3.8) is 0 Å². The SMILES string of the molecule is CC(C)CNCc1ccccc1OCC1CCC1. The lowest BCUT2D eigenvalue weighted by molar-refractivity contribution is 0.179. The lowest BCUT2D eigenvalue weighted by Gasteiger charge is -2.25. The van der Waals surface area contributed by atoms with Gasteiger partial charge in [0.1, 0.15) is 5.75 Å². The van der Waals surface area contributed by atoms with Crippen molar-refractivity contribution in [1.82, 2.24) is 5.32 Å². The Labute approximate surface area is 111 Å². The highest BCUT2D eigenvalue weighted by Gasteiger charge is 2.18. The highest BCUT2D eigenvalue weighted by atomic mass is 16.5. The minimum absolute atomic E-state index is 0.688. The lowest BCUT2D eigenvalue weighted by Crippen LogP contribution is -2.21. The molecular formula is C16H25NO. The molecule has 2 rings (SSSR count). The Bertz CT molecular complexity index is 358. The molecule has 0 spiro atoms. The van der Waals surface area contributed by atoms with Crippen LogP contribution in [0.3, 0.4) is 0 Å². The summed E-state index contributed by atoms with van der Waals surface area (Å²) in [6.45, 7) is 7.30. The smallest absolute Gasteiger partial charge is 0.123 e. The van der Waals surface area contributed by atoms with E-state index in [0.29, 0.717) is 5.92 Å². The first kappa shape index (κ1) is 13.4. The fraction of sp³-hybridized carbons (Fsp3) is 0.625. The van der Waals surface area contributed by atoms with Gasteiger partial charge in [0.05, 0.1) is 6.61 Å². The van der Waals surface area contributed by atoms with Gasteiger partial charge < -0.3 is 10.1 Å². The first-order valence-corrected chi connectivity index (χ1v) is 7.17. The van der Waals surface area contributed by atoms with E-state index in [9.17, 15) is 0 Å². The molecule has 1 aliphatic carbocycles. The largest absolute Gasteiger partial charge is 0.493 e. The van der Waals surface area contributed by atoms with Crippen molar-refractivity contribution < 1.29 is 4.74 Å². The van der Waals surface area contributed by atoms with E-state index < -0.39 is 0 Å². The standard InChI is InChI=1S/C16H25NO/c1-13(2)10-17-11-15-8-3-4-9-16(15)18-12-14-6-5-7-14/h3-4,8-9,13-14,17H,5-7,10-12H2,1-2H3. The second-order valence-electron chi connectivity index (χ2n) is 5.74. The number of hydrogen-bond acceptors (Lipinski definition) is 2. The van der Waals surface area contributed by atoms with Gasteiger partial charge in [-0.15, -0.1) is 0 Å². The van der Waals surface area contributed by atoms with E-state index >= 15 is 0 Å². The number of benzene rings is 1. The monoisotopic (exact) mass is 247 g/mol. The molecule has 0 saturated heterocycles. The average molecular weight is 247 g/mol. The van der Waals surface area contributed by atoms with E-state index in [1.807, 2.05) is 0 Å². The molecule has 0 aromatic heterocycles. The molecule has 1 aromatic rings. The molecule has 0 atom stereocenters. The Kier molecular flexibility index (Phi) is 5.06. The van der Waals surface area contributed by atoms with Crippen molar-refractivity contribution in [3.8, 4) is 5.75 Å². The van der Waals surface area contributed by atoms with Gasteiger partial charge in [-0.25, -0.2) is 0 Å². The normalized spacial score (nSPS) is 15.7. The van der Waals surface area contributed by atoms with Crippen LogP contribution >= 0.6 is 0 Å². The van der Waals surface area contributed by atoms with Crippen molar-refractivity contribution in [3.05, 3.63) is 29.8 Å². The third-order valence-corrected chi connectivity index (χ3v) is 3.54. The molecule has 18 heavy (non-hydrogen) atoms. The van der Waals surface area contributed by atoms with Crippen molar-refractivity contribution in [2.24, 2.45) is 11.8 Å². The van der Waals surface area contributed by atoms with Crippen LogP contribution in [0.5, 0.6) is 5.75 Å². The van der Waals surface area contributed by atoms with E-state index in [-0.39, 0.29) is 0 Å². The number of ether oxygens (including phenoxy) is 1. The molecule has 0 heterocycles. The zero-order valence-electron chi connectivity index (χ0n) is 11.6. The van der Waals surface area contributed by atoms with Crippen molar-refractivity contribution in [2.45, 2.75) is 39.7 Å². The van der Waals surface area contributed by atoms with Gasteiger partial charge in [-0.1, -0.05) is 38.5 Å². The van der Waals surface area contributed by atoms with Crippen LogP contribution in [0.4, 0.5) is 0 Å². The maximum atomic E-state index is 5.96. The van der Waals surface area contributed by atoms with Gasteiger partial charge in [0.2, 0.25) is 0 Å². The fourth-order valence-electron chi connectivity index (χ4n) is 2.15. The van der Waals surface area contributed by atoms with Crippen LogP contribution in [0, 0.1) is 11.8 Å². The Hall–Kier alpha value is -1.02. The molecule has 0 radical (unpaired) electrons. The molecule has 0 unspecified atom stereocenters. The van der Waals surface area contributed by atoms with Crippen LogP contribution in [0.2, 0.25) is 0 Å². The lowest BCUT2D eigenvalue weighted by atomic mass is 9.86. The van der Waals surface area contributed by atoms with Crippen LogP contribution in [0.15, 0.2) is 24.3 Å². The topological polar surface area (TPSA) is 21.3 Å². The van der Waals surface area contributed by atoms with Gasteiger partial charge in [-0.2, -0.15) is 0 Å². The van der Waals surface area contributed by atoms with E-state index in [2.05, 4.69) is 43.4 Å². The minimum Gasteiger partial charge on any atom is -0.493 e. The zero-order valence-corrected chi connectivity index (χ0v) is 11.6. The molecular weight excluding hydrogens is 222 g/mol. The van der Waals surface area contributed by atoms with E-state index in [1.165, 1.54) is 24.8 Å². The molecule has 2 heteroatoms. The Balaban J connectivity index is 1.83. The molecule has 2 nitrogen and oxygen atoms in total. The average Bonchev–Trinajstić information content (AvgIpc) is 2.28. The van der Waals surface area contributed by atoms with Crippen LogP contribution in [0.1, 0.15) is 38.7 Å². The van der Waals surface area contributed by atoms with E-state index in [1.54, 1.807) is 0 Å². The van der Waals surface area contributed by atoms with E-state index in [0.717, 1.165) is 31.4 Å². The van der Waals surface area contributed by atoms with E-state index in [4.69, 9.17) is 4.74 Å². The van der Waals surface area contributed by atoms with Crippen molar-refractivity contribution in [1.29, 1.82) is 0 Å².